The van der Waals surface area contributed by atoms with Crippen molar-refractivity contribution in [3.8, 4) is 5.75 Å². The van der Waals surface area contributed by atoms with Gasteiger partial charge in [0.05, 0.1) is 7.11 Å². The molecule has 0 heterocycles. The van der Waals surface area contributed by atoms with Crippen LogP contribution in [0.2, 0.25) is 5.02 Å². The molecular formula is C11H14ClNO. The van der Waals surface area contributed by atoms with E-state index in [4.69, 9.17) is 22.1 Å². The van der Waals surface area contributed by atoms with E-state index in [9.17, 15) is 0 Å². The quantitative estimate of drug-likeness (QED) is 0.835. The molecule has 0 amide bonds. The van der Waals surface area contributed by atoms with Crippen molar-refractivity contribution in [3.05, 3.63) is 34.9 Å². The van der Waals surface area contributed by atoms with Crippen molar-refractivity contribution in [2.24, 2.45) is 5.73 Å². The van der Waals surface area contributed by atoms with Gasteiger partial charge in [0.2, 0.25) is 0 Å². The second kappa shape index (κ2) is 5.03. The van der Waals surface area contributed by atoms with Crippen LogP contribution in [0.25, 0.3) is 6.08 Å². The summed E-state index contributed by atoms with van der Waals surface area (Å²) in [5.74, 6) is 0.798. The number of hydrogen-bond donors (Lipinski definition) is 1. The van der Waals surface area contributed by atoms with Crippen LogP contribution >= 0.6 is 11.6 Å². The van der Waals surface area contributed by atoms with E-state index >= 15 is 0 Å². The van der Waals surface area contributed by atoms with Gasteiger partial charge in [-0.05, 0) is 25.1 Å². The van der Waals surface area contributed by atoms with Crippen molar-refractivity contribution < 1.29 is 4.74 Å². The van der Waals surface area contributed by atoms with Gasteiger partial charge in [0.15, 0.2) is 0 Å². The first kappa shape index (κ1) is 11.1. The molecule has 1 atom stereocenters. The Morgan fingerprint density at radius 3 is 2.79 bits per heavy atom. The van der Waals surface area contributed by atoms with Gasteiger partial charge >= 0.3 is 0 Å². The summed E-state index contributed by atoms with van der Waals surface area (Å²) in [5.41, 5.74) is 6.55. The van der Waals surface area contributed by atoms with E-state index in [1.807, 2.05) is 31.2 Å². The lowest BCUT2D eigenvalue weighted by Gasteiger charge is -2.05. The van der Waals surface area contributed by atoms with Gasteiger partial charge in [-0.2, -0.15) is 0 Å². The first-order valence-corrected chi connectivity index (χ1v) is 4.78. The molecule has 76 valence electrons. The molecule has 0 bridgehead atoms. The van der Waals surface area contributed by atoms with Crippen LogP contribution in [0, 0.1) is 0 Å². The molecule has 1 rings (SSSR count). The zero-order valence-corrected chi connectivity index (χ0v) is 9.08. The Balaban J connectivity index is 2.99. The number of benzene rings is 1. The number of rotatable bonds is 3. The van der Waals surface area contributed by atoms with Crippen molar-refractivity contribution in [1.29, 1.82) is 0 Å². The second-order valence-corrected chi connectivity index (χ2v) is 3.54. The molecule has 14 heavy (non-hydrogen) atoms. The molecule has 0 saturated carbocycles. The lowest BCUT2D eigenvalue weighted by atomic mass is 10.1. The minimum absolute atomic E-state index is 0.0266. The van der Waals surface area contributed by atoms with Gasteiger partial charge < -0.3 is 10.5 Å². The second-order valence-electron chi connectivity index (χ2n) is 3.10. The number of halogens is 1. The van der Waals surface area contributed by atoms with Crippen LogP contribution in [0.5, 0.6) is 5.75 Å². The highest BCUT2D eigenvalue weighted by Gasteiger charge is 1.99. The molecule has 2 N–H and O–H groups in total. The molecule has 3 heteroatoms. The van der Waals surface area contributed by atoms with Crippen LogP contribution in [0.15, 0.2) is 24.3 Å². The third-order valence-corrected chi connectivity index (χ3v) is 2.01. The van der Waals surface area contributed by atoms with Crippen molar-refractivity contribution in [3.63, 3.8) is 0 Å². The monoisotopic (exact) mass is 211 g/mol. The predicted octanol–water partition coefficient (Wildman–Crippen LogP) is 2.71. The van der Waals surface area contributed by atoms with Gasteiger partial charge in [-0.1, -0.05) is 23.8 Å². The van der Waals surface area contributed by atoms with Crippen LogP contribution in [-0.4, -0.2) is 13.2 Å². The van der Waals surface area contributed by atoms with Gasteiger partial charge in [-0.25, -0.2) is 0 Å². The average Bonchev–Trinajstić information content (AvgIpc) is 2.15. The molecule has 0 aliphatic heterocycles. The van der Waals surface area contributed by atoms with Gasteiger partial charge in [0.25, 0.3) is 0 Å². The molecule has 1 unspecified atom stereocenters. The van der Waals surface area contributed by atoms with E-state index < -0.39 is 0 Å². The van der Waals surface area contributed by atoms with Gasteiger partial charge in [-0.15, -0.1) is 0 Å². The SMILES string of the molecule is COc1ccc(Cl)cc1/C=C/C(C)N. The summed E-state index contributed by atoms with van der Waals surface area (Å²) in [6, 6.07) is 5.50. The standard InChI is InChI=1S/C11H14ClNO/c1-8(13)3-4-9-7-10(12)5-6-11(9)14-2/h3-8H,13H2,1-2H3/b4-3+. The van der Waals surface area contributed by atoms with Gasteiger partial charge in [-0.3, -0.25) is 0 Å². The molecule has 0 radical (unpaired) electrons. The van der Waals surface area contributed by atoms with Crippen LogP contribution in [0.1, 0.15) is 12.5 Å². The maximum absolute atomic E-state index is 5.87. The van der Waals surface area contributed by atoms with Crippen LogP contribution in [0.4, 0.5) is 0 Å². The molecule has 1 aromatic carbocycles. The minimum Gasteiger partial charge on any atom is -0.496 e. The lowest BCUT2D eigenvalue weighted by Crippen LogP contribution is -2.09. The Labute approximate surface area is 89.3 Å². The summed E-state index contributed by atoms with van der Waals surface area (Å²) < 4.78 is 5.18. The third-order valence-electron chi connectivity index (χ3n) is 1.77. The maximum atomic E-state index is 5.87. The van der Waals surface area contributed by atoms with Crippen molar-refractivity contribution in [2.45, 2.75) is 13.0 Å². The van der Waals surface area contributed by atoms with Crippen LogP contribution < -0.4 is 10.5 Å². The fourth-order valence-corrected chi connectivity index (χ4v) is 1.27. The predicted molar refractivity (Wildman–Crippen MR) is 60.7 cm³/mol. The van der Waals surface area contributed by atoms with E-state index in [1.165, 1.54) is 0 Å². The number of nitrogens with two attached hydrogens (primary N) is 1. The first-order valence-electron chi connectivity index (χ1n) is 4.41. The molecule has 0 fully saturated rings. The van der Waals surface area contributed by atoms with E-state index in [0.29, 0.717) is 5.02 Å². The molecule has 0 spiro atoms. The Bertz CT molecular complexity index is 334. The Hall–Kier alpha value is -0.990. The topological polar surface area (TPSA) is 35.2 Å². The summed E-state index contributed by atoms with van der Waals surface area (Å²) in [7, 11) is 1.63. The first-order chi connectivity index (χ1) is 6.63. The Morgan fingerprint density at radius 2 is 2.21 bits per heavy atom. The highest BCUT2D eigenvalue weighted by Crippen LogP contribution is 2.23. The molecule has 0 saturated heterocycles. The number of ether oxygens (including phenoxy) is 1. The lowest BCUT2D eigenvalue weighted by molar-refractivity contribution is 0.414. The van der Waals surface area contributed by atoms with Gasteiger partial charge in [0.1, 0.15) is 5.75 Å². The van der Waals surface area contributed by atoms with Crippen LogP contribution in [-0.2, 0) is 0 Å². The van der Waals surface area contributed by atoms with E-state index in [1.54, 1.807) is 13.2 Å². The summed E-state index contributed by atoms with van der Waals surface area (Å²) >= 11 is 5.87. The molecule has 1 aromatic rings. The smallest absolute Gasteiger partial charge is 0.126 e. The summed E-state index contributed by atoms with van der Waals surface area (Å²) in [5, 5.41) is 0.690. The molecule has 0 aliphatic rings. The Morgan fingerprint density at radius 1 is 1.50 bits per heavy atom. The summed E-state index contributed by atoms with van der Waals surface area (Å²) in [4.78, 5) is 0. The normalized spacial score (nSPS) is 13.1. The van der Waals surface area contributed by atoms with Crippen molar-refractivity contribution in [1.82, 2.24) is 0 Å². The highest BCUT2D eigenvalue weighted by molar-refractivity contribution is 6.30. The highest BCUT2D eigenvalue weighted by atomic mass is 35.5. The van der Waals surface area contributed by atoms with Crippen LogP contribution in [0.3, 0.4) is 0 Å². The van der Waals surface area contributed by atoms with Gasteiger partial charge in [0, 0.05) is 16.6 Å². The fourth-order valence-electron chi connectivity index (χ4n) is 1.09. The van der Waals surface area contributed by atoms with Crippen molar-refractivity contribution in [2.75, 3.05) is 7.11 Å². The number of methoxy groups -OCH3 is 1. The summed E-state index contributed by atoms with van der Waals surface area (Å²) in [6.45, 7) is 1.91. The van der Waals surface area contributed by atoms with E-state index in [2.05, 4.69) is 0 Å². The van der Waals surface area contributed by atoms with Crippen molar-refractivity contribution >= 4 is 17.7 Å². The molecule has 0 aromatic heterocycles. The third kappa shape index (κ3) is 3.05. The van der Waals surface area contributed by atoms with E-state index in [-0.39, 0.29) is 6.04 Å². The summed E-state index contributed by atoms with van der Waals surface area (Å²) in [6.07, 6.45) is 3.81. The zero-order valence-electron chi connectivity index (χ0n) is 8.33. The average molecular weight is 212 g/mol. The maximum Gasteiger partial charge on any atom is 0.126 e. The largest absolute Gasteiger partial charge is 0.496 e. The zero-order chi connectivity index (χ0) is 10.6. The number of hydrogen-bond acceptors (Lipinski definition) is 2. The minimum atomic E-state index is 0.0266. The fraction of sp³-hybridized carbons (Fsp3) is 0.273. The molecule has 2 nitrogen and oxygen atoms in total. The Kier molecular flexibility index (Phi) is 3.98. The molecular weight excluding hydrogens is 198 g/mol. The van der Waals surface area contributed by atoms with E-state index in [0.717, 1.165) is 11.3 Å². The molecule has 0 aliphatic carbocycles.